The first-order valence-electron chi connectivity index (χ1n) is 7.67. The number of ether oxygens (including phenoxy) is 1. The Labute approximate surface area is 137 Å². The number of hydrogen-bond acceptors (Lipinski definition) is 5. The molecule has 0 bridgehead atoms. The number of rotatable bonds is 4. The summed E-state index contributed by atoms with van der Waals surface area (Å²) < 4.78 is 45.8. The van der Waals surface area contributed by atoms with Gasteiger partial charge < -0.3 is 14.6 Å². The third kappa shape index (κ3) is 3.66. The zero-order valence-electron chi connectivity index (χ0n) is 13.1. The van der Waals surface area contributed by atoms with Crippen molar-refractivity contribution in [1.29, 1.82) is 0 Å². The molecule has 0 unspecified atom stereocenters. The first-order chi connectivity index (χ1) is 11.4. The van der Waals surface area contributed by atoms with Crippen molar-refractivity contribution in [3.05, 3.63) is 36.2 Å². The lowest BCUT2D eigenvalue weighted by Crippen LogP contribution is -2.29. The monoisotopic (exact) mass is 341 g/mol. The maximum Gasteiger partial charge on any atom is 0.433 e. The molecule has 1 aliphatic rings. The first-order valence-corrected chi connectivity index (χ1v) is 7.67. The first kappa shape index (κ1) is 16.7. The van der Waals surface area contributed by atoms with Crippen LogP contribution in [0.1, 0.15) is 30.4 Å². The molecule has 0 saturated carbocycles. The Morgan fingerprint density at radius 1 is 1.25 bits per heavy atom. The van der Waals surface area contributed by atoms with Crippen molar-refractivity contribution in [3.8, 4) is 0 Å². The summed E-state index contributed by atoms with van der Waals surface area (Å²) in [7, 11) is 1.85. The highest BCUT2D eigenvalue weighted by molar-refractivity contribution is 5.30. The lowest BCUT2D eigenvalue weighted by atomic mass is 9.91. The third-order valence-corrected chi connectivity index (χ3v) is 4.10. The van der Waals surface area contributed by atoms with Crippen molar-refractivity contribution in [3.63, 3.8) is 0 Å². The summed E-state index contributed by atoms with van der Waals surface area (Å²) in [6.45, 7) is 1.24. The predicted molar refractivity (Wildman–Crippen MR) is 80.1 cm³/mol. The molecule has 0 spiro atoms. The van der Waals surface area contributed by atoms with Crippen molar-refractivity contribution >= 4 is 5.95 Å². The second kappa shape index (κ2) is 6.76. The number of halogens is 3. The number of nitrogens with one attached hydrogen (secondary N) is 1. The van der Waals surface area contributed by atoms with Gasteiger partial charge >= 0.3 is 6.18 Å². The van der Waals surface area contributed by atoms with Gasteiger partial charge in [-0.05, 0) is 24.8 Å². The van der Waals surface area contributed by atoms with Crippen LogP contribution < -0.4 is 5.32 Å². The second-order valence-electron chi connectivity index (χ2n) is 5.73. The number of hydrogen-bond donors (Lipinski definition) is 1. The van der Waals surface area contributed by atoms with E-state index in [9.17, 15) is 13.2 Å². The van der Waals surface area contributed by atoms with Crippen LogP contribution in [0.25, 0.3) is 0 Å². The Morgan fingerprint density at radius 2 is 2.00 bits per heavy atom. The molecule has 1 aliphatic heterocycles. The Kier molecular flexibility index (Phi) is 4.70. The fourth-order valence-corrected chi connectivity index (χ4v) is 2.84. The van der Waals surface area contributed by atoms with E-state index in [1.165, 1.54) is 0 Å². The van der Waals surface area contributed by atoms with Crippen LogP contribution in [0.4, 0.5) is 19.1 Å². The Balaban J connectivity index is 1.88. The molecule has 2 aromatic heterocycles. The van der Waals surface area contributed by atoms with E-state index >= 15 is 0 Å². The molecule has 1 N–H and O–H groups in total. The van der Waals surface area contributed by atoms with Gasteiger partial charge in [-0.3, -0.25) is 0 Å². The summed E-state index contributed by atoms with van der Waals surface area (Å²) >= 11 is 0. The van der Waals surface area contributed by atoms with Gasteiger partial charge in [-0.25, -0.2) is 15.0 Å². The Bertz CT molecular complexity index is 682. The summed E-state index contributed by atoms with van der Waals surface area (Å²) in [4.78, 5) is 11.9. The van der Waals surface area contributed by atoms with E-state index in [-0.39, 0.29) is 17.9 Å². The van der Waals surface area contributed by atoms with Crippen LogP contribution in [-0.4, -0.2) is 32.7 Å². The number of anilines is 1. The van der Waals surface area contributed by atoms with Crippen molar-refractivity contribution in [2.75, 3.05) is 18.5 Å². The Hall–Kier alpha value is -2.16. The predicted octanol–water partition coefficient (Wildman–Crippen LogP) is 2.81. The van der Waals surface area contributed by atoms with Gasteiger partial charge in [0.15, 0.2) is 0 Å². The number of alkyl halides is 3. The molecule has 0 amide bonds. The molecule has 3 rings (SSSR count). The van der Waals surface area contributed by atoms with Crippen LogP contribution >= 0.6 is 0 Å². The van der Waals surface area contributed by atoms with E-state index < -0.39 is 11.9 Å². The molecule has 0 aromatic carbocycles. The van der Waals surface area contributed by atoms with Gasteiger partial charge in [0.25, 0.3) is 0 Å². The van der Waals surface area contributed by atoms with E-state index in [4.69, 9.17) is 4.74 Å². The minimum Gasteiger partial charge on any atom is -0.381 e. The van der Waals surface area contributed by atoms with Gasteiger partial charge in [-0.1, -0.05) is 0 Å². The molecule has 1 saturated heterocycles. The number of imidazole rings is 1. The minimum absolute atomic E-state index is 0.0516. The fraction of sp³-hybridized carbons (Fsp3) is 0.533. The van der Waals surface area contributed by atoms with E-state index in [1.54, 1.807) is 12.4 Å². The Morgan fingerprint density at radius 3 is 2.62 bits per heavy atom. The van der Waals surface area contributed by atoms with Gasteiger partial charge in [-0.2, -0.15) is 13.2 Å². The summed E-state index contributed by atoms with van der Waals surface area (Å²) in [6.07, 6.45) is 1.66. The molecule has 3 heterocycles. The van der Waals surface area contributed by atoms with Crippen LogP contribution in [0.2, 0.25) is 0 Å². The topological polar surface area (TPSA) is 64.9 Å². The zero-order valence-corrected chi connectivity index (χ0v) is 13.1. The number of nitrogens with zero attached hydrogens (tertiary/aromatic N) is 4. The van der Waals surface area contributed by atoms with Gasteiger partial charge in [0, 0.05) is 38.9 Å². The van der Waals surface area contributed by atoms with Crippen LogP contribution in [-0.2, 0) is 18.0 Å². The summed E-state index contributed by atoms with van der Waals surface area (Å²) in [5, 5.41) is 3.04. The number of aromatic nitrogens is 4. The molecule has 130 valence electrons. The highest BCUT2D eigenvalue weighted by atomic mass is 19.4. The van der Waals surface area contributed by atoms with E-state index in [2.05, 4.69) is 20.3 Å². The van der Waals surface area contributed by atoms with Crippen molar-refractivity contribution in [2.45, 2.75) is 25.1 Å². The van der Waals surface area contributed by atoms with E-state index in [0.29, 0.717) is 13.2 Å². The molecule has 0 radical (unpaired) electrons. The van der Waals surface area contributed by atoms with Crippen LogP contribution in [0.5, 0.6) is 0 Å². The minimum atomic E-state index is -4.50. The normalized spacial score (nSPS) is 17.7. The molecule has 0 aliphatic carbocycles. The zero-order chi connectivity index (χ0) is 17.2. The highest BCUT2D eigenvalue weighted by Crippen LogP contribution is 2.32. The summed E-state index contributed by atoms with van der Waals surface area (Å²) in [5.74, 6) is 0.866. The van der Waals surface area contributed by atoms with Crippen LogP contribution in [0.3, 0.4) is 0 Å². The lowest BCUT2D eigenvalue weighted by molar-refractivity contribution is -0.141. The average Bonchev–Trinajstić information content (AvgIpc) is 2.99. The molecule has 2 aromatic rings. The maximum absolute atomic E-state index is 12.8. The molecule has 6 nitrogen and oxygen atoms in total. The van der Waals surface area contributed by atoms with Gasteiger partial charge in [0.1, 0.15) is 11.5 Å². The molecular weight excluding hydrogens is 323 g/mol. The lowest BCUT2D eigenvalue weighted by Gasteiger charge is -2.30. The van der Waals surface area contributed by atoms with Crippen molar-refractivity contribution in [1.82, 2.24) is 19.5 Å². The van der Waals surface area contributed by atoms with Crippen LogP contribution in [0.15, 0.2) is 24.7 Å². The standard InChI is InChI=1S/C15H18F3N5O/c1-23-7-6-19-13(23)12(10-3-8-24-9-4-10)22-14-20-5-2-11(21-14)15(16,17)18/h2,5-7,10,12H,3-4,8-9H2,1H3,(H,20,21,22)/t12-/m0/s1. The summed E-state index contributed by atoms with van der Waals surface area (Å²) in [6, 6.07) is 0.576. The van der Waals surface area contributed by atoms with Gasteiger partial charge in [0.2, 0.25) is 5.95 Å². The smallest absolute Gasteiger partial charge is 0.381 e. The van der Waals surface area contributed by atoms with Crippen molar-refractivity contribution < 1.29 is 17.9 Å². The van der Waals surface area contributed by atoms with Gasteiger partial charge in [-0.15, -0.1) is 0 Å². The summed E-state index contributed by atoms with van der Waals surface area (Å²) in [5.41, 5.74) is -0.967. The van der Waals surface area contributed by atoms with E-state index in [0.717, 1.165) is 30.9 Å². The quantitative estimate of drug-likeness (QED) is 0.926. The molecule has 9 heteroatoms. The maximum atomic E-state index is 12.8. The molecule has 1 fully saturated rings. The fourth-order valence-electron chi connectivity index (χ4n) is 2.84. The second-order valence-corrected chi connectivity index (χ2v) is 5.73. The highest BCUT2D eigenvalue weighted by Gasteiger charge is 2.34. The average molecular weight is 341 g/mol. The SMILES string of the molecule is Cn1ccnc1[C@@H](Nc1nccc(C(F)(F)F)n1)C1CCOCC1. The number of aryl methyl sites for hydroxylation is 1. The largest absolute Gasteiger partial charge is 0.433 e. The van der Waals surface area contributed by atoms with E-state index in [1.807, 2.05) is 11.6 Å². The van der Waals surface area contributed by atoms with Gasteiger partial charge in [0.05, 0.1) is 6.04 Å². The van der Waals surface area contributed by atoms with Crippen molar-refractivity contribution in [2.24, 2.45) is 13.0 Å². The molecular formula is C15H18F3N5O. The molecule has 24 heavy (non-hydrogen) atoms. The van der Waals surface area contributed by atoms with Crippen LogP contribution in [0, 0.1) is 5.92 Å². The third-order valence-electron chi connectivity index (χ3n) is 4.10. The molecule has 1 atom stereocenters.